The van der Waals surface area contributed by atoms with E-state index in [-0.39, 0.29) is 23.9 Å². The molecule has 5 nitrogen and oxygen atoms in total. The average molecular weight is 420 g/mol. The van der Waals surface area contributed by atoms with E-state index >= 15 is 0 Å². The number of unbranched alkanes of at least 4 members (excludes halogenated alkanes) is 1. The molecule has 6 heteroatoms. The lowest BCUT2D eigenvalue weighted by Crippen LogP contribution is -2.50. The van der Waals surface area contributed by atoms with Crippen LogP contribution in [-0.2, 0) is 25.7 Å². The molecule has 1 aliphatic heterocycles. The first kappa shape index (κ1) is 22.2. The van der Waals surface area contributed by atoms with Crippen molar-refractivity contribution in [1.29, 1.82) is 0 Å². The number of hydrogen-bond donors (Lipinski definition) is 0. The Morgan fingerprint density at radius 2 is 1.90 bits per heavy atom. The number of ether oxygens (including phenoxy) is 2. The van der Waals surface area contributed by atoms with Crippen molar-refractivity contribution in [3.05, 3.63) is 35.9 Å². The summed E-state index contributed by atoms with van der Waals surface area (Å²) in [5.74, 6) is 0.719. The molecule has 2 fully saturated rings. The monoisotopic (exact) mass is 419 g/mol. The molecule has 1 heterocycles. The van der Waals surface area contributed by atoms with Crippen LogP contribution in [0.3, 0.4) is 0 Å². The van der Waals surface area contributed by atoms with Crippen molar-refractivity contribution in [3.8, 4) is 0 Å². The van der Waals surface area contributed by atoms with Crippen LogP contribution >= 0.6 is 11.8 Å². The molecule has 1 saturated heterocycles. The van der Waals surface area contributed by atoms with Gasteiger partial charge in [0.05, 0.1) is 18.6 Å². The third-order valence-corrected chi connectivity index (χ3v) is 7.19. The zero-order chi connectivity index (χ0) is 20.5. The highest BCUT2D eigenvalue weighted by Gasteiger charge is 2.45. The minimum absolute atomic E-state index is 0.00257. The van der Waals surface area contributed by atoms with Gasteiger partial charge in [0.15, 0.2) is 0 Å². The van der Waals surface area contributed by atoms with Crippen molar-refractivity contribution in [3.63, 3.8) is 0 Å². The van der Waals surface area contributed by atoms with Crippen molar-refractivity contribution in [1.82, 2.24) is 4.90 Å². The topological polar surface area (TPSA) is 55.8 Å². The number of benzene rings is 1. The van der Waals surface area contributed by atoms with Gasteiger partial charge in [-0.05, 0) is 30.7 Å². The summed E-state index contributed by atoms with van der Waals surface area (Å²) >= 11 is 1.74. The van der Waals surface area contributed by atoms with E-state index in [4.69, 9.17) is 9.47 Å². The molecule has 29 heavy (non-hydrogen) atoms. The number of hydrogen-bond acceptors (Lipinski definition) is 5. The first-order valence-corrected chi connectivity index (χ1v) is 12.0. The summed E-state index contributed by atoms with van der Waals surface area (Å²) in [6, 6.07) is 9.35. The molecule has 0 radical (unpaired) electrons. The van der Waals surface area contributed by atoms with Gasteiger partial charge in [0.1, 0.15) is 12.6 Å². The minimum atomic E-state index is -0.489. The van der Waals surface area contributed by atoms with Gasteiger partial charge in [-0.3, -0.25) is 4.79 Å². The lowest BCUT2D eigenvalue weighted by molar-refractivity contribution is -0.156. The van der Waals surface area contributed by atoms with Crippen LogP contribution in [0.2, 0.25) is 0 Å². The molecular formula is C23H33NO4S. The first-order chi connectivity index (χ1) is 14.2. The van der Waals surface area contributed by atoms with E-state index in [1.54, 1.807) is 16.7 Å². The third kappa shape index (κ3) is 6.22. The quantitative estimate of drug-likeness (QED) is 0.439. The standard InChI is InChI=1S/C23H33NO4S/c1-2-3-14-28-23(26)20-17-29-22(19-12-8-5-9-13-19)24(20)21(25)16-27-15-18-10-6-4-7-11-18/h4,6-7,10-11,19-20,22H,2-3,5,8-9,12-17H2,1H3. The Morgan fingerprint density at radius 3 is 2.62 bits per heavy atom. The zero-order valence-electron chi connectivity index (χ0n) is 17.4. The molecule has 2 aliphatic rings. The molecular weight excluding hydrogens is 386 g/mol. The van der Waals surface area contributed by atoms with Gasteiger partial charge in [-0.1, -0.05) is 62.9 Å². The number of amides is 1. The van der Waals surface area contributed by atoms with Crippen molar-refractivity contribution < 1.29 is 19.1 Å². The lowest BCUT2D eigenvalue weighted by atomic mass is 9.88. The summed E-state index contributed by atoms with van der Waals surface area (Å²) in [7, 11) is 0. The number of carbonyl (C=O) groups excluding carboxylic acids is 2. The highest BCUT2D eigenvalue weighted by molar-refractivity contribution is 8.00. The number of nitrogens with zero attached hydrogens (tertiary/aromatic N) is 1. The fraction of sp³-hybridized carbons (Fsp3) is 0.652. The predicted molar refractivity (Wildman–Crippen MR) is 115 cm³/mol. The summed E-state index contributed by atoms with van der Waals surface area (Å²) in [5.41, 5.74) is 1.04. The Kier molecular flexibility index (Phi) is 8.87. The van der Waals surface area contributed by atoms with E-state index in [0.717, 1.165) is 31.2 Å². The van der Waals surface area contributed by atoms with Crippen LogP contribution < -0.4 is 0 Å². The molecule has 1 aliphatic carbocycles. The first-order valence-electron chi connectivity index (χ1n) is 10.9. The Hall–Kier alpha value is -1.53. The summed E-state index contributed by atoms with van der Waals surface area (Å²) in [6.07, 6.45) is 7.78. The van der Waals surface area contributed by atoms with Crippen LogP contribution in [0.25, 0.3) is 0 Å². The second-order valence-corrected chi connectivity index (χ2v) is 9.09. The average Bonchev–Trinajstić information content (AvgIpc) is 3.20. The van der Waals surface area contributed by atoms with Gasteiger partial charge in [-0.25, -0.2) is 4.79 Å². The largest absolute Gasteiger partial charge is 0.464 e. The molecule has 1 aromatic carbocycles. The molecule has 0 N–H and O–H groups in total. The third-order valence-electron chi connectivity index (χ3n) is 5.73. The van der Waals surface area contributed by atoms with Gasteiger partial charge >= 0.3 is 5.97 Å². The van der Waals surface area contributed by atoms with Crippen LogP contribution in [0.15, 0.2) is 30.3 Å². The Bertz CT molecular complexity index is 648. The van der Waals surface area contributed by atoms with Crippen LogP contribution in [0, 0.1) is 5.92 Å². The molecule has 2 unspecified atom stereocenters. The fourth-order valence-electron chi connectivity index (χ4n) is 4.13. The molecule has 2 atom stereocenters. The number of thioether (sulfide) groups is 1. The molecule has 0 bridgehead atoms. The summed E-state index contributed by atoms with van der Waals surface area (Å²) in [6.45, 7) is 2.89. The van der Waals surface area contributed by atoms with Crippen molar-refractivity contribution in [2.24, 2.45) is 5.92 Å². The number of esters is 1. The van der Waals surface area contributed by atoms with Crippen LogP contribution in [0.5, 0.6) is 0 Å². The molecule has 0 aromatic heterocycles. The Labute approximate surface area is 178 Å². The van der Waals surface area contributed by atoms with Crippen LogP contribution in [0.4, 0.5) is 0 Å². The maximum absolute atomic E-state index is 13.1. The lowest BCUT2D eigenvalue weighted by Gasteiger charge is -2.35. The van der Waals surface area contributed by atoms with Gasteiger partial charge in [0, 0.05) is 5.75 Å². The van der Waals surface area contributed by atoms with E-state index in [1.165, 1.54) is 19.3 Å². The maximum atomic E-state index is 13.1. The summed E-state index contributed by atoms with van der Waals surface area (Å²) in [4.78, 5) is 27.6. The van der Waals surface area contributed by atoms with Crippen molar-refractivity contribution in [2.75, 3.05) is 19.0 Å². The van der Waals surface area contributed by atoms with Crippen molar-refractivity contribution >= 4 is 23.6 Å². The zero-order valence-corrected chi connectivity index (χ0v) is 18.2. The number of rotatable bonds is 9. The second-order valence-electron chi connectivity index (χ2n) is 7.94. The molecule has 0 spiro atoms. The van der Waals surface area contributed by atoms with Gasteiger partial charge in [-0.15, -0.1) is 11.8 Å². The highest BCUT2D eigenvalue weighted by atomic mass is 32.2. The van der Waals surface area contributed by atoms with Crippen LogP contribution in [0.1, 0.15) is 57.4 Å². The van der Waals surface area contributed by atoms with E-state index in [1.807, 2.05) is 30.3 Å². The van der Waals surface area contributed by atoms with Gasteiger partial charge in [0.2, 0.25) is 5.91 Å². The van der Waals surface area contributed by atoms with Crippen LogP contribution in [-0.4, -0.2) is 47.2 Å². The van der Waals surface area contributed by atoms with E-state index in [9.17, 15) is 9.59 Å². The Morgan fingerprint density at radius 1 is 1.14 bits per heavy atom. The number of carbonyl (C=O) groups is 2. The van der Waals surface area contributed by atoms with E-state index in [2.05, 4.69) is 6.92 Å². The molecule has 3 rings (SSSR count). The summed E-state index contributed by atoms with van der Waals surface area (Å²) < 4.78 is 11.2. The SMILES string of the molecule is CCCCOC(=O)C1CSC(C2CCCCC2)N1C(=O)COCc1ccccc1. The van der Waals surface area contributed by atoms with E-state index < -0.39 is 6.04 Å². The van der Waals surface area contributed by atoms with Gasteiger partial charge in [0.25, 0.3) is 0 Å². The Balaban J connectivity index is 1.63. The van der Waals surface area contributed by atoms with E-state index in [0.29, 0.717) is 24.9 Å². The van der Waals surface area contributed by atoms with Crippen molar-refractivity contribution in [2.45, 2.75) is 69.9 Å². The predicted octanol–water partition coefficient (Wildman–Crippen LogP) is 4.40. The minimum Gasteiger partial charge on any atom is -0.464 e. The fourth-order valence-corrected chi connectivity index (χ4v) is 5.77. The molecule has 160 valence electrons. The highest BCUT2D eigenvalue weighted by Crippen LogP contribution is 2.40. The normalized spacial score (nSPS) is 22.6. The molecule has 1 amide bonds. The van der Waals surface area contributed by atoms with Gasteiger partial charge < -0.3 is 14.4 Å². The van der Waals surface area contributed by atoms with Gasteiger partial charge in [-0.2, -0.15) is 0 Å². The molecule has 1 aromatic rings. The maximum Gasteiger partial charge on any atom is 0.329 e. The smallest absolute Gasteiger partial charge is 0.329 e. The summed E-state index contributed by atoms with van der Waals surface area (Å²) in [5, 5.41) is 0.0619. The second kappa shape index (κ2) is 11.6. The molecule has 1 saturated carbocycles.